The molecule has 1 unspecified atom stereocenters. The highest BCUT2D eigenvalue weighted by atomic mass is 31.2. The van der Waals surface area contributed by atoms with E-state index < -0.39 is 45.1 Å². The lowest BCUT2D eigenvalue weighted by Crippen LogP contribution is -2.38. The van der Waals surface area contributed by atoms with Crippen LogP contribution >= 0.6 is 8.53 Å². The van der Waals surface area contributed by atoms with Gasteiger partial charge < -0.3 is 18.6 Å². The summed E-state index contributed by atoms with van der Waals surface area (Å²) >= 11 is 0. The van der Waals surface area contributed by atoms with Crippen molar-refractivity contribution in [2.75, 3.05) is 18.5 Å². The Morgan fingerprint density at radius 3 is 2.66 bits per heavy atom. The van der Waals surface area contributed by atoms with Gasteiger partial charge in [0.05, 0.1) is 12.4 Å². The zero-order valence-corrected chi connectivity index (χ0v) is 23.5. The molecule has 2 aromatic heterocycles. The van der Waals surface area contributed by atoms with E-state index in [2.05, 4.69) is 25.1 Å². The number of carbonyl (C=O) groups is 1. The minimum atomic E-state index is -2.03. The summed E-state index contributed by atoms with van der Waals surface area (Å²) in [7, 11) is -1.90. The van der Waals surface area contributed by atoms with Crippen LogP contribution in [0.3, 0.4) is 0 Å². The lowest BCUT2D eigenvalue weighted by atomic mass is 10.1. The fourth-order valence-electron chi connectivity index (χ4n) is 4.02. The average molecular weight is 556 g/mol. The number of aromatic amines is 1. The molecule has 0 spiro atoms. The molecule has 38 heavy (non-hydrogen) atoms. The quantitative estimate of drug-likeness (QED) is 0.228. The van der Waals surface area contributed by atoms with Crippen LogP contribution < -0.4 is 10.9 Å². The Labute approximate surface area is 225 Å². The summed E-state index contributed by atoms with van der Waals surface area (Å²) in [5.74, 6) is -0.899. The lowest BCUT2D eigenvalue weighted by Gasteiger charge is -2.37. The summed E-state index contributed by atoms with van der Waals surface area (Å²) in [6.45, 7) is 19.6. The normalized spacial score (nSPS) is 23.8. The number of nitrogens with one attached hydrogen (secondary N) is 2. The van der Waals surface area contributed by atoms with Gasteiger partial charge in [0.2, 0.25) is 18.4 Å². The topological polar surface area (TPSA) is 128 Å². The molecule has 0 aliphatic carbocycles. The smallest absolute Gasteiger partial charge is 0.280 e. The van der Waals surface area contributed by atoms with Gasteiger partial charge in [0.15, 0.2) is 23.6 Å². The van der Waals surface area contributed by atoms with Gasteiger partial charge in [-0.3, -0.25) is 24.5 Å². The van der Waals surface area contributed by atoms with Crippen LogP contribution in [0.2, 0.25) is 0 Å². The average Bonchev–Trinajstić information content (AvgIpc) is 3.39. The van der Waals surface area contributed by atoms with Crippen molar-refractivity contribution in [2.24, 2.45) is 5.92 Å². The van der Waals surface area contributed by atoms with Crippen LogP contribution in [0, 0.1) is 12.5 Å². The molecule has 5 atom stereocenters. The number of amides is 1. The Hall–Kier alpha value is -2.49. The summed E-state index contributed by atoms with van der Waals surface area (Å²) in [5, 5.41) is 2.51. The van der Waals surface area contributed by atoms with Gasteiger partial charge in [0.25, 0.3) is 14.1 Å². The summed E-state index contributed by atoms with van der Waals surface area (Å²) in [4.78, 5) is 38.9. The fraction of sp³-hybridized carbons (Fsp3) is 0.708. The summed E-state index contributed by atoms with van der Waals surface area (Å²) in [5.41, 5.74) is -0.796. The molecule has 12 nitrogen and oxygen atoms in total. The van der Waals surface area contributed by atoms with Crippen molar-refractivity contribution in [3.8, 4) is 0 Å². The van der Waals surface area contributed by atoms with Crippen molar-refractivity contribution in [1.29, 1.82) is 0 Å². The van der Waals surface area contributed by atoms with Crippen molar-refractivity contribution < 1.29 is 25.7 Å². The van der Waals surface area contributed by atoms with Gasteiger partial charge in [-0.25, -0.2) is 20.6 Å². The van der Waals surface area contributed by atoms with Crippen LogP contribution in [-0.4, -0.2) is 73.7 Å². The maximum absolute atomic E-state index is 16.3. The van der Waals surface area contributed by atoms with Crippen molar-refractivity contribution in [3.05, 3.63) is 28.1 Å². The minimum Gasteiger partial charge on any atom is -0.349 e. The third kappa shape index (κ3) is 6.55. The fourth-order valence-corrected chi connectivity index (χ4v) is 5.75. The largest absolute Gasteiger partial charge is 0.349 e. The van der Waals surface area contributed by atoms with Gasteiger partial charge in [-0.05, 0) is 34.1 Å². The zero-order valence-electron chi connectivity index (χ0n) is 24.6. The monoisotopic (exact) mass is 555 g/mol. The van der Waals surface area contributed by atoms with Crippen LogP contribution in [0.25, 0.3) is 16.0 Å². The lowest BCUT2D eigenvalue weighted by molar-refractivity contribution is -0.118. The van der Waals surface area contributed by atoms with E-state index in [-0.39, 0.29) is 54.2 Å². The molecular formula is C24H37FN7O5P. The molecule has 2 aromatic rings. The van der Waals surface area contributed by atoms with Gasteiger partial charge >= 0.3 is 0 Å². The Morgan fingerprint density at radius 1 is 1.39 bits per heavy atom. The first-order valence-corrected chi connectivity index (χ1v) is 13.6. The number of halogens is 1. The van der Waals surface area contributed by atoms with Gasteiger partial charge in [-0.15, -0.1) is 0 Å². The first kappa shape index (κ1) is 27.1. The Kier molecular flexibility index (Phi) is 9.30. The molecule has 210 valence electrons. The molecule has 1 fully saturated rings. The third-order valence-corrected chi connectivity index (χ3v) is 7.92. The van der Waals surface area contributed by atoms with Gasteiger partial charge in [-0.1, -0.05) is 20.8 Å². The van der Waals surface area contributed by atoms with Gasteiger partial charge in [-0.2, -0.15) is 4.98 Å². The van der Waals surface area contributed by atoms with Crippen molar-refractivity contribution in [2.45, 2.75) is 91.5 Å². The van der Waals surface area contributed by atoms with E-state index in [1.807, 2.05) is 32.4 Å². The molecule has 3 heterocycles. The van der Waals surface area contributed by atoms with E-state index in [0.29, 0.717) is 0 Å². The number of hydrogen-bond acceptors (Lipinski definition) is 8. The molecule has 2 N–H and O–H groups in total. The number of fused-ring (bicyclic) bond motifs is 1. The molecular weight excluding hydrogens is 516 g/mol. The standard InChI is InChI=1S/C24H37FN7O5P/c1-9-16-19(37-38(35-11-10-26-8)32(14(4)5)15(6)7)17(25)23(36-16)31-12-27-18-20(31)28-24(30-22(18)34)29-21(33)13(2)3/h12-17,19,23H,9-11H2,1-7H3,(H2,28,29,30,33,34)/t16-,17-,19-,23-,38?/m1/s1/i9D2. The minimum absolute atomic E-state index is 0.0481. The summed E-state index contributed by atoms with van der Waals surface area (Å²) < 4.78 is 54.2. The number of hydrogen-bond donors (Lipinski definition) is 2. The van der Waals surface area contributed by atoms with Crippen LogP contribution in [0.4, 0.5) is 10.3 Å². The molecule has 1 aliphatic heterocycles. The second-order valence-corrected chi connectivity index (χ2v) is 11.1. The van der Waals surface area contributed by atoms with Crippen molar-refractivity contribution >= 4 is 31.5 Å². The number of anilines is 1. The molecule has 3 rings (SSSR count). The number of imidazole rings is 1. The van der Waals surface area contributed by atoms with Gasteiger partial charge in [0, 0.05) is 20.7 Å². The summed E-state index contributed by atoms with van der Waals surface area (Å²) in [6.07, 6.45) is -6.95. The van der Waals surface area contributed by atoms with Gasteiger partial charge in [0.1, 0.15) is 12.7 Å². The number of rotatable bonds is 12. The van der Waals surface area contributed by atoms with E-state index in [0.717, 1.165) is 0 Å². The number of nitrogens with zero attached hydrogens (tertiary/aromatic N) is 5. The highest BCUT2D eigenvalue weighted by Crippen LogP contribution is 2.50. The predicted octanol–water partition coefficient (Wildman–Crippen LogP) is 4.03. The number of H-pyrrole nitrogens is 1. The molecule has 0 bridgehead atoms. The Morgan fingerprint density at radius 2 is 2.08 bits per heavy atom. The molecule has 0 radical (unpaired) electrons. The van der Waals surface area contributed by atoms with Crippen molar-refractivity contribution in [3.63, 3.8) is 0 Å². The Balaban J connectivity index is 2.01. The first-order valence-electron chi connectivity index (χ1n) is 13.5. The van der Waals surface area contributed by atoms with E-state index in [9.17, 15) is 9.59 Å². The van der Waals surface area contributed by atoms with E-state index in [4.69, 9.17) is 23.1 Å². The molecule has 0 saturated carbocycles. The van der Waals surface area contributed by atoms with Crippen LogP contribution in [0.5, 0.6) is 0 Å². The second kappa shape index (κ2) is 13.0. The molecule has 1 saturated heterocycles. The van der Waals surface area contributed by atoms with Crippen LogP contribution in [0.15, 0.2) is 11.1 Å². The zero-order chi connectivity index (χ0) is 29.9. The van der Waals surface area contributed by atoms with E-state index in [1.165, 1.54) is 17.8 Å². The van der Waals surface area contributed by atoms with Crippen molar-refractivity contribution in [1.82, 2.24) is 24.2 Å². The van der Waals surface area contributed by atoms with E-state index >= 15 is 4.39 Å². The van der Waals surface area contributed by atoms with Crippen LogP contribution in [-0.2, 0) is 18.6 Å². The highest BCUT2D eigenvalue weighted by molar-refractivity contribution is 7.44. The maximum atomic E-state index is 16.3. The number of alkyl halides is 1. The molecule has 14 heteroatoms. The second-order valence-electron chi connectivity index (χ2n) is 9.65. The summed E-state index contributed by atoms with van der Waals surface area (Å²) in [6, 6.07) is -0.111. The maximum Gasteiger partial charge on any atom is 0.280 e. The van der Waals surface area contributed by atoms with E-state index in [1.54, 1.807) is 13.8 Å². The third-order valence-electron chi connectivity index (χ3n) is 5.79. The Bertz CT molecular complexity index is 1270. The van der Waals surface area contributed by atoms with Crippen LogP contribution in [0.1, 0.15) is 63.8 Å². The molecule has 1 aliphatic rings. The molecule has 1 amide bonds. The SMILES string of the molecule is [2H]C([2H])(C)[C@H]1O[C@@H](n2cnc3c(=O)[nH]c(NC(=O)C(C)C)nc32)[C@H](F)[C@@H]1OP(OCC[N+]#[C-])N(C(C)C)C(C)C. The first-order chi connectivity index (χ1) is 18.7. The highest BCUT2D eigenvalue weighted by Gasteiger charge is 2.49. The number of ether oxygens (including phenoxy) is 1. The number of carbonyl (C=O) groups excluding carboxylic acids is 1. The molecule has 0 aromatic carbocycles. The predicted molar refractivity (Wildman–Crippen MR) is 142 cm³/mol. The number of aromatic nitrogens is 4.